The van der Waals surface area contributed by atoms with Crippen molar-refractivity contribution in [2.24, 2.45) is 0 Å². The van der Waals surface area contributed by atoms with Gasteiger partial charge in [-0.25, -0.2) is 0 Å². The lowest BCUT2D eigenvalue weighted by molar-refractivity contribution is 0.104. The van der Waals surface area contributed by atoms with Crippen LogP contribution < -0.4 is 0 Å². The average molecular weight is 312 g/mol. The fraction of sp³-hybridized carbons (Fsp3) is 0. The minimum absolute atomic E-state index is 0.216. The third-order valence-electron chi connectivity index (χ3n) is 2.49. The Morgan fingerprint density at radius 1 is 1.00 bits per heavy atom. The topological polar surface area (TPSA) is 17.1 Å². The van der Waals surface area contributed by atoms with Gasteiger partial charge in [0.15, 0.2) is 5.78 Å². The SMILES string of the molecule is O=C(/C=C/c1ccccc1)c1cc(Cl)cc(Cl)c1Cl. The molecule has 0 heterocycles. The first-order valence-corrected chi connectivity index (χ1v) is 6.63. The lowest BCUT2D eigenvalue weighted by Gasteiger charge is -2.03. The highest BCUT2D eigenvalue weighted by atomic mass is 35.5. The monoisotopic (exact) mass is 310 g/mol. The van der Waals surface area contributed by atoms with Crippen LogP contribution in [0.5, 0.6) is 0 Å². The van der Waals surface area contributed by atoms with E-state index < -0.39 is 0 Å². The van der Waals surface area contributed by atoms with E-state index in [1.807, 2.05) is 30.3 Å². The molecule has 0 aliphatic rings. The Kier molecular flexibility index (Phi) is 4.65. The van der Waals surface area contributed by atoms with Crippen LogP contribution in [0.25, 0.3) is 6.08 Å². The van der Waals surface area contributed by atoms with Crippen LogP contribution in [0, 0.1) is 0 Å². The van der Waals surface area contributed by atoms with Crippen LogP contribution >= 0.6 is 34.8 Å². The molecule has 0 aliphatic heterocycles. The minimum Gasteiger partial charge on any atom is -0.289 e. The second kappa shape index (κ2) is 6.25. The lowest BCUT2D eigenvalue weighted by Crippen LogP contribution is -1.96. The summed E-state index contributed by atoms with van der Waals surface area (Å²) in [5.74, 6) is -0.238. The van der Waals surface area contributed by atoms with Crippen LogP contribution in [0.1, 0.15) is 15.9 Å². The van der Waals surface area contributed by atoms with E-state index in [-0.39, 0.29) is 15.8 Å². The quantitative estimate of drug-likeness (QED) is 0.413. The summed E-state index contributed by atoms with van der Waals surface area (Å²) in [4.78, 5) is 12.1. The zero-order valence-electron chi connectivity index (χ0n) is 9.74. The molecule has 96 valence electrons. The molecule has 0 spiro atoms. The number of hydrogen-bond donors (Lipinski definition) is 0. The molecule has 0 amide bonds. The molecule has 4 heteroatoms. The maximum atomic E-state index is 12.1. The van der Waals surface area contributed by atoms with Crippen molar-refractivity contribution in [3.05, 3.63) is 74.7 Å². The van der Waals surface area contributed by atoms with Crippen molar-refractivity contribution >= 4 is 46.7 Å². The van der Waals surface area contributed by atoms with E-state index in [9.17, 15) is 4.79 Å². The Labute approximate surface area is 126 Å². The molecule has 0 saturated carbocycles. The Morgan fingerprint density at radius 3 is 2.37 bits per heavy atom. The molecule has 1 nitrogen and oxygen atoms in total. The normalized spacial score (nSPS) is 10.9. The van der Waals surface area contributed by atoms with E-state index in [0.717, 1.165) is 5.56 Å². The minimum atomic E-state index is -0.238. The van der Waals surface area contributed by atoms with Gasteiger partial charge in [0.1, 0.15) is 0 Å². The number of allylic oxidation sites excluding steroid dienone is 1. The predicted molar refractivity (Wildman–Crippen MR) is 81.3 cm³/mol. The fourth-order valence-corrected chi connectivity index (χ4v) is 2.26. The molecule has 0 bridgehead atoms. The summed E-state index contributed by atoms with van der Waals surface area (Å²) in [6.45, 7) is 0. The number of halogens is 3. The Balaban J connectivity index is 2.28. The highest BCUT2D eigenvalue weighted by molar-refractivity contribution is 6.45. The zero-order chi connectivity index (χ0) is 13.8. The van der Waals surface area contributed by atoms with Gasteiger partial charge in [0.05, 0.1) is 10.0 Å². The van der Waals surface area contributed by atoms with Crippen molar-refractivity contribution in [3.63, 3.8) is 0 Å². The van der Waals surface area contributed by atoms with Crippen LogP contribution in [0.15, 0.2) is 48.5 Å². The predicted octanol–water partition coefficient (Wildman–Crippen LogP) is 5.54. The number of benzene rings is 2. The number of ketones is 1. The van der Waals surface area contributed by atoms with Crippen molar-refractivity contribution in [2.75, 3.05) is 0 Å². The first-order chi connectivity index (χ1) is 9.08. The van der Waals surface area contributed by atoms with E-state index in [0.29, 0.717) is 10.6 Å². The third-order valence-corrected chi connectivity index (χ3v) is 3.51. The van der Waals surface area contributed by atoms with Crippen LogP contribution in [0.2, 0.25) is 15.1 Å². The van der Waals surface area contributed by atoms with E-state index >= 15 is 0 Å². The first-order valence-electron chi connectivity index (χ1n) is 5.50. The fourth-order valence-electron chi connectivity index (χ4n) is 1.56. The molecular formula is C15H9Cl3O. The van der Waals surface area contributed by atoms with Gasteiger partial charge < -0.3 is 0 Å². The van der Waals surface area contributed by atoms with Crippen LogP contribution in [-0.2, 0) is 0 Å². The Morgan fingerprint density at radius 2 is 1.68 bits per heavy atom. The first kappa shape index (κ1) is 14.1. The highest BCUT2D eigenvalue weighted by Gasteiger charge is 2.12. The van der Waals surface area contributed by atoms with Gasteiger partial charge in [-0.2, -0.15) is 0 Å². The van der Waals surface area contributed by atoms with Gasteiger partial charge in [-0.15, -0.1) is 0 Å². The van der Waals surface area contributed by atoms with E-state index in [4.69, 9.17) is 34.8 Å². The van der Waals surface area contributed by atoms with Gasteiger partial charge in [-0.05, 0) is 23.8 Å². The molecule has 2 rings (SSSR count). The van der Waals surface area contributed by atoms with Gasteiger partial charge in [0.2, 0.25) is 0 Å². The van der Waals surface area contributed by atoms with E-state index in [2.05, 4.69) is 0 Å². The van der Waals surface area contributed by atoms with Gasteiger partial charge >= 0.3 is 0 Å². The number of carbonyl (C=O) groups excluding carboxylic acids is 1. The summed E-state index contributed by atoms with van der Waals surface area (Å²) < 4.78 is 0. The molecule has 0 aliphatic carbocycles. The molecule has 0 aromatic heterocycles. The molecule has 0 saturated heterocycles. The van der Waals surface area contributed by atoms with Crippen molar-refractivity contribution in [1.82, 2.24) is 0 Å². The molecule has 0 N–H and O–H groups in total. The van der Waals surface area contributed by atoms with Gasteiger partial charge in [0.25, 0.3) is 0 Å². The van der Waals surface area contributed by atoms with Crippen LogP contribution in [-0.4, -0.2) is 5.78 Å². The van der Waals surface area contributed by atoms with Crippen LogP contribution in [0.3, 0.4) is 0 Å². The Hall–Kier alpha value is -1.28. The van der Waals surface area contributed by atoms with Gasteiger partial charge in [-0.1, -0.05) is 71.2 Å². The summed E-state index contributed by atoms with van der Waals surface area (Å²) in [6, 6.07) is 12.5. The van der Waals surface area contributed by atoms with Gasteiger partial charge in [-0.3, -0.25) is 4.79 Å². The molecule has 0 radical (unpaired) electrons. The summed E-state index contributed by atoms with van der Waals surface area (Å²) in [5, 5.41) is 0.866. The smallest absolute Gasteiger partial charge is 0.187 e. The summed E-state index contributed by atoms with van der Waals surface area (Å²) in [7, 11) is 0. The molecule has 19 heavy (non-hydrogen) atoms. The van der Waals surface area contributed by atoms with Gasteiger partial charge in [0, 0.05) is 10.6 Å². The largest absolute Gasteiger partial charge is 0.289 e. The highest BCUT2D eigenvalue weighted by Crippen LogP contribution is 2.30. The summed E-state index contributed by atoms with van der Waals surface area (Å²) in [6.07, 6.45) is 3.16. The van der Waals surface area contributed by atoms with Crippen molar-refractivity contribution < 1.29 is 4.79 Å². The average Bonchev–Trinajstić information content (AvgIpc) is 2.41. The zero-order valence-corrected chi connectivity index (χ0v) is 12.0. The number of hydrogen-bond acceptors (Lipinski definition) is 1. The van der Waals surface area contributed by atoms with E-state index in [1.54, 1.807) is 6.08 Å². The Bertz CT molecular complexity index is 633. The second-order valence-corrected chi connectivity index (χ2v) is 5.08. The second-order valence-electron chi connectivity index (χ2n) is 3.86. The molecule has 2 aromatic rings. The molecule has 0 atom stereocenters. The lowest BCUT2D eigenvalue weighted by atomic mass is 10.1. The van der Waals surface area contributed by atoms with Crippen LogP contribution in [0.4, 0.5) is 0 Å². The summed E-state index contributed by atoms with van der Waals surface area (Å²) >= 11 is 17.7. The standard InChI is InChI=1S/C15H9Cl3O/c16-11-8-12(15(18)13(17)9-11)14(19)7-6-10-4-2-1-3-5-10/h1-9H/b7-6+. The molecule has 0 unspecified atom stereocenters. The maximum absolute atomic E-state index is 12.1. The molecule has 2 aromatic carbocycles. The van der Waals surface area contributed by atoms with E-state index in [1.165, 1.54) is 18.2 Å². The van der Waals surface area contributed by atoms with Crippen molar-refractivity contribution in [1.29, 1.82) is 0 Å². The van der Waals surface area contributed by atoms with Crippen molar-refractivity contribution in [2.45, 2.75) is 0 Å². The number of rotatable bonds is 3. The van der Waals surface area contributed by atoms with Crippen molar-refractivity contribution in [3.8, 4) is 0 Å². The maximum Gasteiger partial charge on any atom is 0.187 e. The third kappa shape index (κ3) is 3.60. The summed E-state index contributed by atoms with van der Waals surface area (Å²) in [5.41, 5.74) is 1.23. The molecular weight excluding hydrogens is 303 g/mol. The molecule has 0 fully saturated rings. The number of carbonyl (C=O) groups is 1.